The summed E-state index contributed by atoms with van der Waals surface area (Å²) in [5.41, 5.74) is 6.48. The molecule has 0 unspecified atom stereocenters. The fourth-order valence-corrected chi connectivity index (χ4v) is 3.80. The molecule has 116 valence electrons. The van der Waals surface area contributed by atoms with Crippen molar-refractivity contribution in [2.24, 2.45) is 0 Å². The molecule has 3 aromatic rings. The Hall–Kier alpha value is -1.86. The van der Waals surface area contributed by atoms with Gasteiger partial charge in [-0.25, -0.2) is 0 Å². The Bertz CT molecular complexity index is 836. The summed E-state index contributed by atoms with van der Waals surface area (Å²) in [6.07, 6.45) is 7.38. The van der Waals surface area contributed by atoms with E-state index in [1.165, 1.54) is 53.5 Å². The third kappa shape index (κ3) is 2.86. The van der Waals surface area contributed by atoms with Gasteiger partial charge in [-0.15, -0.1) is 0 Å². The quantitative estimate of drug-likeness (QED) is 0.519. The van der Waals surface area contributed by atoms with E-state index in [0.717, 1.165) is 23.4 Å². The topological polar surface area (TPSA) is 12.9 Å². The molecule has 2 aromatic carbocycles. The van der Waals surface area contributed by atoms with Crippen molar-refractivity contribution in [3.05, 3.63) is 64.8 Å². The molecule has 0 radical (unpaired) electrons. The maximum atomic E-state index is 6.10. The lowest BCUT2D eigenvalue weighted by Crippen LogP contribution is -2.05. The minimum atomic E-state index is 0.787. The zero-order chi connectivity index (χ0) is 15.6. The highest BCUT2D eigenvalue weighted by atomic mass is 35.5. The zero-order valence-corrected chi connectivity index (χ0v) is 13.9. The van der Waals surface area contributed by atoms with Gasteiger partial charge in [0.2, 0.25) is 0 Å². The van der Waals surface area contributed by atoms with Crippen LogP contribution >= 0.6 is 11.6 Å². The molecule has 4 rings (SSSR count). The van der Waals surface area contributed by atoms with Crippen LogP contribution in [-0.2, 0) is 12.8 Å². The summed E-state index contributed by atoms with van der Waals surface area (Å²) < 4.78 is 0. The summed E-state index contributed by atoms with van der Waals surface area (Å²) in [6.45, 7) is 0. The Labute approximate surface area is 142 Å². The van der Waals surface area contributed by atoms with Gasteiger partial charge in [-0.3, -0.25) is 4.98 Å². The van der Waals surface area contributed by atoms with Crippen molar-refractivity contribution < 1.29 is 0 Å². The number of hydrogen-bond donors (Lipinski definition) is 0. The molecule has 0 aliphatic heterocycles. The summed E-state index contributed by atoms with van der Waals surface area (Å²) in [4.78, 5) is 5.00. The predicted molar refractivity (Wildman–Crippen MR) is 98.1 cm³/mol. The first-order valence-electron chi connectivity index (χ1n) is 8.49. The lowest BCUT2D eigenvalue weighted by molar-refractivity contribution is 0.611. The van der Waals surface area contributed by atoms with E-state index in [2.05, 4.69) is 36.4 Å². The summed E-state index contributed by atoms with van der Waals surface area (Å²) >= 11 is 6.10. The van der Waals surface area contributed by atoms with Crippen LogP contribution in [0.1, 0.15) is 36.9 Å². The average molecular weight is 322 g/mol. The van der Waals surface area contributed by atoms with Gasteiger partial charge >= 0.3 is 0 Å². The van der Waals surface area contributed by atoms with E-state index in [1.54, 1.807) is 0 Å². The van der Waals surface area contributed by atoms with E-state index < -0.39 is 0 Å². The molecule has 1 nitrogen and oxygen atoms in total. The van der Waals surface area contributed by atoms with Gasteiger partial charge in [0.05, 0.1) is 5.52 Å². The Kier molecular flexibility index (Phi) is 4.05. The van der Waals surface area contributed by atoms with E-state index in [4.69, 9.17) is 16.6 Å². The molecular formula is C21H20ClN. The van der Waals surface area contributed by atoms with Crippen molar-refractivity contribution in [2.45, 2.75) is 38.5 Å². The molecule has 0 saturated carbocycles. The third-order valence-electron chi connectivity index (χ3n) is 4.80. The summed E-state index contributed by atoms with van der Waals surface area (Å²) in [5, 5.41) is 2.05. The van der Waals surface area contributed by atoms with Gasteiger partial charge in [0.15, 0.2) is 0 Å². The summed E-state index contributed by atoms with van der Waals surface area (Å²) in [6, 6.07) is 16.8. The molecule has 0 saturated heterocycles. The first-order valence-corrected chi connectivity index (χ1v) is 8.87. The van der Waals surface area contributed by atoms with Gasteiger partial charge in [-0.1, -0.05) is 54.8 Å². The number of aryl methyl sites for hydroxylation is 1. The van der Waals surface area contributed by atoms with Gasteiger partial charge < -0.3 is 0 Å². The molecule has 1 aromatic heterocycles. The van der Waals surface area contributed by atoms with Gasteiger partial charge in [-0.2, -0.15) is 0 Å². The number of fused-ring (bicyclic) bond motifs is 2. The number of pyridine rings is 1. The van der Waals surface area contributed by atoms with E-state index in [9.17, 15) is 0 Å². The molecule has 0 N–H and O–H groups in total. The first-order chi connectivity index (χ1) is 11.3. The molecule has 1 aliphatic carbocycles. The van der Waals surface area contributed by atoms with E-state index in [-0.39, 0.29) is 0 Å². The van der Waals surface area contributed by atoms with E-state index in [1.807, 2.05) is 12.1 Å². The number of hydrogen-bond acceptors (Lipinski definition) is 1. The number of benzene rings is 2. The van der Waals surface area contributed by atoms with Crippen LogP contribution in [0.4, 0.5) is 0 Å². The summed E-state index contributed by atoms with van der Waals surface area (Å²) in [5.74, 6) is 0. The standard InChI is InChI=1S/C21H20ClN/c22-16-13-11-15(12-14-16)21-17-7-3-1-2-4-9-19(17)23-20-10-6-5-8-18(20)21/h5-6,8,10-14H,1-4,7,9H2. The molecule has 0 bridgehead atoms. The molecule has 1 aliphatic rings. The second-order valence-electron chi connectivity index (χ2n) is 6.35. The van der Waals surface area contributed by atoms with Crippen LogP contribution in [0.2, 0.25) is 5.02 Å². The predicted octanol–water partition coefficient (Wildman–Crippen LogP) is 6.21. The van der Waals surface area contributed by atoms with Crippen LogP contribution in [0.3, 0.4) is 0 Å². The van der Waals surface area contributed by atoms with E-state index >= 15 is 0 Å². The highest BCUT2D eigenvalue weighted by Crippen LogP contribution is 2.36. The SMILES string of the molecule is Clc1ccc(-c2c3c(nc4ccccc24)CCCCCC3)cc1. The third-order valence-corrected chi connectivity index (χ3v) is 5.05. The second kappa shape index (κ2) is 6.33. The lowest BCUT2D eigenvalue weighted by Gasteiger charge is -2.19. The highest BCUT2D eigenvalue weighted by molar-refractivity contribution is 6.30. The molecule has 0 atom stereocenters. The van der Waals surface area contributed by atoms with Crippen LogP contribution in [0.15, 0.2) is 48.5 Å². The molecular weight excluding hydrogens is 302 g/mol. The van der Waals surface area contributed by atoms with Crippen LogP contribution in [0.25, 0.3) is 22.0 Å². The number of aromatic nitrogens is 1. The fraction of sp³-hybridized carbons (Fsp3) is 0.286. The van der Waals surface area contributed by atoms with Crippen molar-refractivity contribution >= 4 is 22.5 Å². The van der Waals surface area contributed by atoms with Gasteiger partial charge in [0, 0.05) is 16.1 Å². The fourth-order valence-electron chi connectivity index (χ4n) is 3.67. The molecule has 23 heavy (non-hydrogen) atoms. The normalized spacial score (nSPS) is 15.0. The summed E-state index contributed by atoms with van der Waals surface area (Å²) in [7, 11) is 0. The number of halogens is 1. The zero-order valence-electron chi connectivity index (χ0n) is 13.2. The molecule has 0 fully saturated rings. The molecule has 0 spiro atoms. The Balaban J connectivity index is 2.01. The number of rotatable bonds is 1. The van der Waals surface area contributed by atoms with Crippen molar-refractivity contribution in [2.75, 3.05) is 0 Å². The Morgan fingerprint density at radius 1 is 0.783 bits per heavy atom. The van der Waals surface area contributed by atoms with Crippen LogP contribution in [0, 0.1) is 0 Å². The highest BCUT2D eigenvalue weighted by Gasteiger charge is 2.17. The van der Waals surface area contributed by atoms with Gasteiger partial charge in [0.25, 0.3) is 0 Å². The number of para-hydroxylation sites is 1. The van der Waals surface area contributed by atoms with Crippen molar-refractivity contribution in [3.63, 3.8) is 0 Å². The van der Waals surface area contributed by atoms with Crippen molar-refractivity contribution in [3.8, 4) is 11.1 Å². The first kappa shape index (κ1) is 14.7. The van der Waals surface area contributed by atoms with Crippen LogP contribution < -0.4 is 0 Å². The molecule has 0 amide bonds. The minimum absolute atomic E-state index is 0.787. The van der Waals surface area contributed by atoms with Gasteiger partial charge in [-0.05, 0) is 60.6 Å². The van der Waals surface area contributed by atoms with Crippen molar-refractivity contribution in [1.29, 1.82) is 0 Å². The number of nitrogens with zero attached hydrogens (tertiary/aromatic N) is 1. The molecule has 2 heteroatoms. The Morgan fingerprint density at radius 2 is 1.52 bits per heavy atom. The minimum Gasteiger partial charge on any atom is -0.253 e. The maximum Gasteiger partial charge on any atom is 0.0711 e. The van der Waals surface area contributed by atoms with Gasteiger partial charge in [0.1, 0.15) is 0 Å². The second-order valence-corrected chi connectivity index (χ2v) is 6.79. The van der Waals surface area contributed by atoms with Crippen molar-refractivity contribution in [1.82, 2.24) is 4.98 Å². The lowest BCUT2D eigenvalue weighted by atomic mass is 9.88. The largest absolute Gasteiger partial charge is 0.253 e. The Morgan fingerprint density at radius 3 is 2.35 bits per heavy atom. The van der Waals surface area contributed by atoms with Crippen LogP contribution in [-0.4, -0.2) is 4.98 Å². The van der Waals surface area contributed by atoms with Crippen LogP contribution in [0.5, 0.6) is 0 Å². The maximum absolute atomic E-state index is 6.10. The molecule has 1 heterocycles. The van der Waals surface area contributed by atoms with E-state index in [0.29, 0.717) is 0 Å². The average Bonchev–Trinajstić information content (AvgIpc) is 2.55. The monoisotopic (exact) mass is 321 g/mol. The smallest absolute Gasteiger partial charge is 0.0711 e.